The van der Waals surface area contributed by atoms with Gasteiger partial charge in [-0.2, -0.15) is 21.6 Å². The molecule has 3 nitrogen and oxygen atoms in total. The van der Waals surface area contributed by atoms with E-state index >= 15 is 0 Å². The number of anilines is 1. The maximum Gasteiger partial charge on any atom is 0.516 e. The second kappa shape index (κ2) is 3.49. The van der Waals surface area contributed by atoms with Gasteiger partial charge >= 0.3 is 15.5 Å². The van der Waals surface area contributed by atoms with Crippen molar-refractivity contribution in [2.24, 2.45) is 0 Å². The highest BCUT2D eigenvalue weighted by Crippen LogP contribution is 2.24. The van der Waals surface area contributed by atoms with Crippen LogP contribution in [0.3, 0.4) is 0 Å². The lowest BCUT2D eigenvalue weighted by Crippen LogP contribution is -2.29. The van der Waals surface area contributed by atoms with Crippen molar-refractivity contribution in [3.05, 3.63) is 30.3 Å². The van der Waals surface area contributed by atoms with E-state index in [0.717, 1.165) is 6.07 Å². The van der Waals surface area contributed by atoms with Crippen molar-refractivity contribution in [2.45, 2.75) is 5.51 Å². The smallest absolute Gasteiger partial charge is 0.276 e. The standard InChI is InChI=1S/C7H5F3NO2S/c8-7(9,10)14(12,13)11-6-4-2-1-3-5-6/h1-2,4-5,11H. The number of hydrogen-bond donors (Lipinski definition) is 1. The van der Waals surface area contributed by atoms with Gasteiger partial charge in [-0.25, -0.2) is 0 Å². The van der Waals surface area contributed by atoms with Crippen molar-refractivity contribution in [3.63, 3.8) is 0 Å². The predicted octanol–water partition coefficient (Wildman–Crippen LogP) is 1.75. The van der Waals surface area contributed by atoms with Gasteiger partial charge < -0.3 is 0 Å². The summed E-state index contributed by atoms with van der Waals surface area (Å²) in [6.45, 7) is 0. The van der Waals surface area contributed by atoms with E-state index in [-0.39, 0.29) is 5.69 Å². The van der Waals surface area contributed by atoms with Crippen LogP contribution in [0.15, 0.2) is 24.3 Å². The molecular formula is C7H5F3NO2S. The Morgan fingerprint density at radius 1 is 1.36 bits per heavy atom. The van der Waals surface area contributed by atoms with Crippen LogP contribution in [-0.4, -0.2) is 13.9 Å². The van der Waals surface area contributed by atoms with Gasteiger partial charge in [0.05, 0.1) is 0 Å². The molecule has 0 aromatic heterocycles. The van der Waals surface area contributed by atoms with Crippen molar-refractivity contribution >= 4 is 15.7 Å². The molecule has 77 valence electrons. The second-order valence-electron chi connectivity index (χ2n) is 2.34. The largest absolute Gasteiger partial charge is 0.516 e. The first-order chi connectivity index (χ1) is 6.33. The number of rotatable bonds is 2. The van der Waals surface area contributed by atoms with Crippen LogP contribution in [0.25, 0.3) is 0 Å². The van der Waals surface area contributed by atoms with E-state index in [1.54, 1.807) is 0 Å². The average Bonchev–Trinajstić information content (AvgIpc) is 2.03. The van der Waals surface area contributed by atoms with Gasteiger partial charge in [0.1, 0.15) is 0 Å². The minimum absolute atomic E-state index is 0.176. The maximum atomic E-state index is 11.9. The molecule has 0 heterocycles. The van der Waals surface area contributed by atoms with Crippen LogP contribution in [0.2, 0.25) is 0 Å². The Bertz CT molecular complexity index is 399. The molecule has 14 heavy (non-hydrogen) atoms. The van der Waals surface area contributed by atoms with Gasteiger partial charge in [-0.05, 0) is 18.2 Å². The molecule has 7 heteroatoms. The Balaban J connectivity index is 2.91. The van der Waals surface area contributed by atoms with Crippen molar-refractivity contribution in [3.8, 4) is 0 Å². The Morgan fingerprint density at radius 3 is 2.43 bits per heavy atom. The molecule has 0 fully saturated rings. The zero-order valence-electron chi connectivity index (χ0n) is 6.67. The number of hydrogen-bond acceptors (Lipinski definition) is 2. The molecule has 0 saturated carbocycles. The van der Waals surface area contributed by atoms with Crippen LogP contribution < -0.4 is 4.72 Å². The predicted molar refractivity (Wildman–Crippen MR) is 43.9 cm³/mol. The SMILES string of the molecule is O=S(=O)(Nc1c[c]ccc1)C(F)(F)F. The van der Waals surface area contributed by atoms with Crippen molar-refractivity contribution < 1.29 is 21.6 Å². The van der Waals surface area contributed by atoms with E-state index in [9.17, 15) is 21.6 Å². The fourth-order valence-corrected chi connectivity index (χ4v) is 1.22. The van der Waals surface area contributed by atoms with E-state index in [1.165, 1.54) is 22.9 Å². The lowest BCUT2D eigenvalue weighted by atomic mass is 10.3. The number of alkyl halides is 3. The monoisotopic (exact) mass is 224 g/mol. The molecule has 0 bridgehead atoms. The number of nitrogens with one attached hydrogen (secondary N) is 1. The van der Waals surface area contributed by atoms with Gasteiger partial charge in [-0.15, -0.1) is 0 Å². The lowest BCUT2D eigenvalue weighted by Gasteiger charge is -2.09. The topological polar surface area (TPSA) is 46.2 Å². The molecule has 1 radical (unpaired) electrons. The molecule has 1 aromatic rings. The van der Waals surface area contributed by atoms with Crippen LogP contribution in [0.5, 0.6) is 0 Å². The van der Waals surface area contributed by atoms with Crippen LogP contribution in [0.1, 0.15) is 0 Å². The Labute approximate surface area is 78.6 Å². The highest BCUT2D eigenvalue weighted by atomic mass is 32.2. The Hall–Kier alpha value is -1.24. The van der Waals surface area contributed by atoms with Crippen molar-refractivity contribution in [1.82, 2.24) is 0 Å². The molecule has 0 aliphatic rings. The maximum absolute atomic E-state index is 11.9. The van der Waals surface area contributed by atoms with Gasteiger partial charge in [-0.1, -0.05) is 12.1 Å². The molecule has 0 aliphatic heterocycles. The summed E-state index contributed by atoms with van der Waals surface area (Å²) in [6.07, 6.45) is 0. The molecule has 1 rings (SSSR count). The van der Waals surface area contributed by atoms with E-state index in [4.69, 9.17) is 0 Å². The quantitative estimate of drug-likeness (QED) is 0.831. The van der Waals surface area contributed by atoms with Gasteiger partial charge in [0.15, 0.2) is 0 Å². The zero-order chi connectivity index (χ0) is 10.8. The molecular weight excluding hydrogens is 219 g/mol. The van der Waals surface area contributed by atoms with E-state index in [1.807, 2.05) is 0 Å². The fraction of sp³-hybridized carbons (Fsp3) is 0.143. The molecule has 0 aliphatic carbocycles. The first-order valence-electron chi connectivity index (χ1n) is 3.38. The first-order valence-corrected chi connectivity index (χ1v) is 4.86. The summed E-state index contributed by atoms with van der Waals surface area (Å²) >= 11 is 0. The molecule has 1 N–H and O–H groups in total. The highest BCUT2D eigenvalue weighted by Gasteiger charge is 2.45. The minimum Gasteiger partial charge on any atom is -0.276 e. The molecule has 0 saturated heterocycles. The van der Waals surface area contributed by atoms with Gasteiger partial charge in [-0.3, -0.25) is 4.72 Å². The summed E-state index contributed by atoms with van der Waals surface area (Å²) in [4.78, 5) is 0. The van der Waals surface area contributed by atoms with Gasteiger partial charge in [0.2, 0.25) is 0 Å². The van der Waals surface area contributed by atoms with Crippen LogP contribution in [0.4, 0.5) is 18.9 Å². The normalized spacial score (nSPS) is 12.5. The summed E-state index contributed by atoms with van der Waals surface area (Å²) in [5.74, 6) is 0. The minimum atomic E-state index is -5.32. The average molecular weight is 224 g/mol. The van der Waals surface area contributed by atoms with Crippen LogP contribution >= 0.6 is 0 Å². The third kappa shape index (κ3) is 2.38. The number of benzene rings is 1. The third-order valence-corrected chi connectivity index (χ3v) is 2.38. The summed E-state index contributed by atoms with van der Waals surface area (Å²) in [5.41, 5.74) is -5.48. The Morgan fingerprint density at radius 2 is 2.00 bits per heavy atom. The number of halogens is 3. The lowest BCUT2D eigenvalue weighted by molar-refractivity contribution is -0.0429. The van der Waals surface area contributed by atoms with Crippen LogP contribution in [0, 0.1) is 6.07 Å². The van der Waals surface area contributed by atoms with E-state index in [2.05, 4.69) is 6.07 Å². The molecule has 1 aromatic carbocycles. The van der Waals surface area contributed by atoms with E-state index in [0.29, 0.717) is 0 Å². The van der Waals surface area contributed by atoms with E-state index < -0.39 is 15.5 Å². The summed E-state index contributed by atoms with van der Waals surface area (Å²) in [5, 5.41) is 0. The van der Waals surface area contributed by atoms with Gasteiger partial charge in [0.25, 0.3) is 0 Å². The zero-order valence-corrected chi connectivity index (χ0v) is 7.48. The molecule has 0 unspecified atom stereocenters. The second-order valence-corrected chi connectivity index (χ2v) is 4.02. The molecule has 0 spiro atoms. The number of sulfonamides is 1. The third-order valence-electron chi connectivity index (χ3n) is 1.26. The summed E-state index contributed by atoms with van der Waals surface area (Å²) < 4.78 is 58.1. The summed E-state index contributed by atoms with van der Waals surface area (Å²) in [6, 6.07) is 7.54. The summed E-state index contributed by atoms with van der Waals surface area (Å²) in [7, 11) is -5.32. The van der Waals surface area contributed by atoms with Crippen molar-refractivity contribution in [2.75, 3.05) is 4.72 Å². The van der Waals surface area contributed by atoms with Crippen LogP contribution in [-0.2, 0) is 10.0 Å². The first kappa shape index (κ1) is 10.8. The fourth-order valence-electron chi connectivity index (χ4n) is 0.670. The molecule has 0 atom stereocenters. The van der Waals surface area contributed by atoms with Crippen molar-refractivity contribution in [1.29, 1.82) is 0 Å². The Kier molecular flexibility index (Phi) is 2.70. The molecule has 0 amide bonds. The van der Waals surface area contributed by atoms with Gasteiger partial charge in [0, 0.05) is 5.69 Å². The highest BCUT2D eigenvalue weighted by molar-refractivity contribution is 7.93.